The van der Waals surface area contributed by atoms with Gasteiger partial charge in [-0.1, -0.05) is 0 Å². The minimum absolute atomic E-state index is 1.41. The summed E-state index contributed by atoms with van der Waals surface area (Å²) >= 11 is 1.48. The number of hydrogen-bond acceptors (Lipinski definition) is 0. The van der Waals surface area contributed by atoms with E-state index in [2.05, 4.69) is 195 Å². The summed E-state index contributed by atoms with van der Waals surface area (Å²) in [4.78, 5) is 0. The first-order chi connectivity index (χ1) is 20.0. The second kappa shape index (κ2) is 10.8. The molecule has 0 nitrogen and oxygen atoms in total. The molecule has 0 radical (unpaired) electrons. The van der Waals surface area contributed by atoms with Gasteiger partial charge in [0, 0.05) is 0 Å². The predicted octanol–water partition coefficient (Wildman–Crippen LogP) is 7.22. The molecule has 0 saturated heterocycles. The molecule has 0 amide bonds. The first-order valence-corrected chi connectivity index (χ1v) is 21.9. The summed E-state index contributed by atoms with van der Waals surface area (Å²) in [5.41, 5.74) is 0. The molecule has 0 N–H and O–H groups in total. The van der Waals surface area contributed by atoms with Crippen LogP contribution < -0.4 is 31.8 Å². The molecule has 0 aromatic heterocycles. The van der Waals surface area contributed by atoms with Gasteiger partial charge in [0.1, 0.15) is 0 Å². The molecule has 0 fully saturated rings. The van der Waals surface area contributed by atoms with Crippen molar-refractivity contribution in [1.29, 1.82) is 0 Å². The van der Waals surface area contributed by atoms with Crippen molar-refractivity contribution in [2.75, 3.05) is 13.3 Å². The van der Waals surface area contributed by atoms with Crippen LogP contribution in [0.5, 0.6) is 0 Å². The third-order valence-electron chi connectivity index (χ3n) is 8.49. The normalized spacial score (nSPS) is 13.9. The van der Waals surface area contributed by atoms with Crippen molar-refractivity contribution in [3.8, 4) is 0 Å². The van der Waals surface area contributed by atoms with Crippen molar-refractivity contribution in [2.45, 2.75) is 0 Å². The molecular formula is C38H36CoP2. The van der Waals surface area contributed by atoms with Crippen LogP contribution in [0.1, 0.15) is 0 Å². The fourth-order valence-corrected chi connectivity index (χ4v) is 39.4. The first-order valence-electron chi connectivity index (χ1n) is 14.0. The quantitative estimate of drug-likeness (QED) is 0.159. The SMILES string of the molecule is C[P]([Co][P](C)(c1ccccc1)(c1ccccc1)c1ccccc1)(c1ccccc1)(c1ccccc1)c1ccccc1. The molecule has 207 valence electrons. The fraction of sp³-hybridized carbons (Fsp3) is 0.0526. The van der Waals surface area contributed by atoms with E-state index in [1.54, 1.807) is 0 Å². The van der Waals surface area contributed by atoms with Crippen molar-refractivity contribution < 1.29 is 13.8 Å². The molecule has 6 aromatic rings. The molecule has 0 aliphatic carbocycles. The zero-order valence-corrected chi connectivity index (χ0v) is 26.4. The maximum atomic E-state index is 2.62. The van der Waals surface area contributed by atoms with Crippen molar-refractivity contribution in [1.82, 2.24) is 0 Å². The average Bonchev–Trinajstić information content (AvgIpc) is 3.07. The van der Waals surface area contributed by atoms with E-state index >= 15 is 0 Å². The Balaban J connectivity index is 1.86. The van der Waals surface area contributed by atoms with Crippen molar-refractivity contribution in [3.63, 3.8) is 0 Å². The van der Waals surface area contributed by atoms with E-state index in [1.165, 1.54) is 45.6 Å². The molecule has 0 atom stereocenters. The molecule has 0 saturated carbocycles. The maximum absolute atomic E-state index is 3.19. The van der Waals surface area contributed by atoms with Gasteiger partial charge in [-0.3, -0.25) is 0 Å². The van der Waals surface area contributed by atoms with Gasteiger partial charge in [0.05, 0.1) is 0 Å². The van der Waals surface area contributed by atoms with Gasteiger partial charge >= 0.3 is 252 Å². The zero-order valence-electron chi connectivity index (χ0n) is 23.5. The zero-order chi connectivity index (χ0) is 28.3. The van der Waals surface area contributed by atoms with Gasteiger partial charge in [-0.15, -0.1) is 0 Å². The summed E-state index contributed by atoms with van der Waals surface area (Å²) < 4.78 is 0. The molecule has 0 bridgehead atoms. The summed E-state index contributed by atoms with van der Waals surface area (Å²) in [5, 5.41) is 2.09. The van der Waals surface area contributed by atoms with Gasteiger partial charge in [-0.25, -0.2) is 0 Å². The Morgan fingerprint density at radius 3 is 0.561 bits per heavy atom. The Bertz CT molecular complexity index is 1390. The van der Waals surface area contributed by atoms with Gasteiger partial charge in [0.25, 0.3) is 0 Å². The van der Waals surface area contributed by atoms with Crippen LogP contribution in [-0.2, 0) is 13.8 Å². The predicted molar refractivity (Wildman–Crippen MR) is 182 cm³/mol. The van der Waals surface area contributed by atoms with E-state index < -0.39 is 10.7 Å². The van der Waals surface area contributed by atoms with Crippen molar-refractivity contribution in [3.05, 3.63) is 182 Å². The van der Waals surface area contributed by atoms with Gasteiger partial charge < -0.3 is 0 Å². The number of benzene rings is 6. The Morgan fingerprint density at radius 1 is 0.268 bits per heavy atom. The van der Waals surface area contributed by atoms with Crippen LogP contribution in [0.25, 0.3) is 0 Å². The molecule has 6 aromatic carbocycles. The fourth-order valence-electron chi connectivity index (χ4n) is 6.20. The van der Waals surface area contributed by atoms with Gasteiger partial charge in [-0.2, -0.15) is 0 Å². The van der Waals surface area contributed by atoms with Crippen LogP contribution >= 0.6 is 10.7 Å². The molecule has 6 rings (SSSR count). The van der Waals surface area contributed by atoms with Gasteiger partial charge in [0.15, 0.2) is 0 Å². The molecule has 0 aliphatic rings. The average molecular weight is 614 g/mol. The van der Waals surface area contributed by atoms with Gasteiger partial charge in [-0.05, 0) is 0 Å². The Morgan fingerprint density at radius 2 is 0.415 bits per heavy atom. The number of hydrogen-bond donors (Lipinski definition) is 0. The summed E-state index contributed by atoms with van der Waals surface area (Å²) in [5.74, 6) is 0. The van der Waals surface area contributed by atoms with E-state index in [-0.39, 0.29) is 0 Å². The van der Waals surface area contributed by atoms with Crippen LogP contribution in [-0.4, -0.2) is 13.3 Å². The molecule has 0 aliphatic heterocycles. The van der Waals surface area contributed by atoms with Gasteiger partial charge in [0.2, 0.25) is 0 Å². The molecule has 41 heavy (non-hydrogen) atoms. The van der Waals surface area contributed by atoms with Crippen LogP contribution in [0.4, 0.5) is 0 Å². The summed E-state index contributed by atoms with van der Waals surface area (Å²) in [6.45, 7) is 5.23. The molecule has 0 unspecified atom stereocenters. The van der Waals surface area contributed by atoms with E-state index in [9.17, 15) is 0 Å². The minimum atomic E-state index is -3.19. The molecule has 0 heterocycles. The number of rotatable bonds is 8. The standard InChI is InChI=1S/2C19H18P.Co/c2*1-20(17-11-5-2-6-12-17,18-13-7-3-8-14-18)19-15-9-4-10-16-19;/h2*2-16H,1H3;/q2*+1;-2. The van der Waals surface area contributed by atoms with E-state index in [1.807, 2.05) is 0 Å². The van der Waals surface area contributed by atoms with Crippen molar-refractivity contribution in [2.24, 2.45) is 0 Å². The van der Waals surface area contributed by atoms with E-state index in [0.717, 1.165) is 0 Å². The second-order valence-electron chi connectivity index (χ2n) is 10.8. The molecule has 0 spiro atoms. The van der Waals surface area contributed by atoms with Crippen LogP contribution in [0.3, 0.4) is 0 Å². The summed E-state index contributed by atoms with van der Waals surface area (Å²) in [7, 11) is 0. The summed E-state index contributed by atoms with van der Waals surface area (Å²) in [6, 6.07) is 68.1. The van der Waals surface area contributed by atoms with E-state index in [4.69, 9.17) is 0 Å². The van der Waals surface area contributed by atoms with Crippen LogP contribution in [0, 0.1) is 0 Å². The topological polar surface area (TPSA) is 0 Å². The van der Waals surface area contributed by atoms with Crippen LogP contribution in [0.2, 0.25) is 0 Å². The second-order valence-corrected chi connectivity index (χ2v) is 28.8. The third kappa shape index (κ3) is 4.35. The Kier molecular flexibility index (Phi) is 7.35. The molecular weight excluding hydrogens is 577 g/mol. The molecule has 3 heteroatoms. The monoisotopic (exact) mass is 613 g/mol. The first kappa shape index (κ1) is 27.8. The third-order valence-corrected chi connectivity index (χ3v) is 34.4. The van der Waals surface area contributed by atoms with Crippen LogP contribution in [0.15, 0.2) is 182 Å². The summed E-state index contributed by atoms with van der Waals surface area (Å²) in [6.07, 6.45) is 0. The van der Waals surface area contributed by atoms with E-state index in [0.29, 0.717) is 0 Å². The Hall–Kier alpha value is -3.31. The Labute approximate surface area is 250 Å². The van der Waals surface area contributed by atoms with Crippen molar-refractivity contribution >= 4 is 42.5 Å².